The number of para-hydroxylation sites is 1. The van der Waals surface area contributed by atoms with Crippen molar-refractivity contribution >= 4 is 11.6 Å². The SMILES string of the molecule is Cc1ccc(CC2(N)CCOc3ccccc32)c(Cl)c1. The molecule has 2 aromatic carbocycles. The molecule has 0 saturated heterocycles. The molecule has 0 spiro atoms. The van der Waals surface area contributed by atoms with Crippen molar-refractivity contribution in [2.24, 2.45) is 5.73 Å². The summed E-state index contributed by atoms with van der Waals surface area (Å²) >= 11 is 6.35. The Morgan fingerprint density at radius 3 is 2.85 bits per heavy atom. The van der Waals surface area contributed by atoms with Crippen molar-refractivity contribution in [3.05, 3.63) is 64.2 Å². The van der Waals surface area contributed by atoms with Gasteiger partial charge in [-0.05, 0) is 36.6 Å². The first-order valence-corrected chi connectivity index (χ1v) is 7.22. The first-order chi connectivity index (χ1) is 9.58. The molecule has 2 aromatic rings. The van der Waals surface area contributed by atoms with E-state index in [9.17, 15) is 0 Å². The minimum Gasteiger partial charge on any atom is -0.493 e. The molecule has 0 radical (unpaired) electrons. The van der Waals surface area contributed by atoms with Gasteiger partial charge in [0.25, 0.3) is 0 Å². The molecular formula is C17H18ClNO. The van der Waals surface area contributed by atoms with Gasteiger partial charge < -0.3 is 10.5 Å². The van der Waals surface area contributed by atoms with Crippen molar-refractivity contribution < 1.29 is 4.74 Å². The smallest absolute Gasteiger partial charge is 0.124 e. The van der Waals surface area contributed by atoms with E-state index in [-0.39, 0.29) is 0 Å². The summed E-state index contributed by atoms with van der Waals surface area (Å²) in [5.41, 5.74) is 9.59. The number of hydrogen-bond acceptors (Lipinski definition) is 2. The van der Waals surface area contributed by atoms with Gasteiger partial charge in [0.2, 0.25) is 0 Å². The van der Waals surface area contributed by atoms with Crippen molar-refractivity contribution in [2.45, 2.75) is 25.3 Å². The Bertz CT molecular complexity index is 641. The number of hydrogen-bond donors (Lipinski definition) is 1. The maximum atomic E-state index is 6.67. The molecule has 2 N–H and O–H groups in total. The molecule has 0 aliphatic carbocycles. The van der Waals surface area contributed by atoms with Gasteiger partial charge in [-0.3, -0.25) is 0 Å². The summed E-state index contributed by atoms with van der Waals surface area (Å²) in [7, 11) is 0. The van der Waals surface area contributed by atoms with Crippen LogP contribution >= 0.6 is 11.6 Å². The summed E-state index contributed by atoms with van der Waals surface area (Å²) in [5.74, 6) is 0.893. The molecule has 0 bridgehead atoms. The first-order valence-electron chi connectivity index (χ1n) is 6.85. The molecule has 104 valence electrons. The van der Waals surface area contributed by atoms with E-state index in [1.807, 2.05) is 31.2 Å². The minimum atomic E-state index is -0.409. The van der Waals surface area contributed by atoms with Crippen molar-refractivity contribution in [3.8, 4) is 5.75 Å². The number of fused-ring (bicyclic) bond motifs is 1. The number of rotatable bonds is 2. The van der Waals surface area contributed by atoms with Crippen LogP contribution < -0.4 is 10.5 Å². The fraction of sp³-hybridized carbons (Fsp3) is 0.294. The molecule has 2 nitrogen and oxygen atoms in total. The van der Waals surface area contributed by atoms with Crippen molar-refractivity contribution in [3.63, 3.8) is 0 Å². The predicted octanol–water partition coefficient (Wildman–Crippen LogP) is 3.83. The lowest BCUT2D eigenvalue weighted by Crippen LogP contribution is -2.43. The van der Waals surface area contributed by atoms with E-state index in [1.165, 1.54) is 0 Å². The molecule has 1 aliphatic rings. The van der Waals surface area contributed by atoms with Crippen molar-refractivity contribution in [2.75, 3.05) is 6.61 Å². The van der Waals surface area contributed by atoms with E-state index in [0.717, 1.165) is 40.3 Å². The molecule has 0 aromatic heterocycles. The van der Waals surface area contributed by atoms with Gasteiger partial charge >= 0.3 is 0 Å². The van der Waals surface area contributed by atoms with Gasteiger partial charge in [-0.25, -0.2) is 0 Å². The van der Waals surface area contributed by atoms with Crippen LogP contribution in [0.25, 0.3) is 0 Å². The van der Waals surface area contributed by atoms with Gasteiger partial charge in [0.05, 0.1) is 12.1 Å². The Labute approximate surface area is 124 Å². The zero-order valence-electron chi connectivity index (χ0n) is 11.5. The standard InChI is InChI=1S/C17H18ClNO/c1-12-6-7-13(15(18)10-12)11-17(19)8-9-20-16-5-3-2-4-14(16)17/h2-7,10H,8-9,11,19H2,1H3. The fourth-order valence-electron chi connectivity index (χ4n) is 2.80. The number of benzene rings is 2. The highest BCUT2D eigenvalue weighted by molar-refractivity contribution is 6.31. The summed E-state index contributed by atoms with van der Waals surface area (Å²) in [4.78, 5) is 0. The highest BCUT2D eigenvalue weighted by atomic mass is 35.5. The summed E-state index contributed by atoms with van der Waals surface area (Å²) in [5, 5.41) is 0.791. The topological polar surface area (TPSA) is 35.2 Å². The fourth-order valence-corrected chi connectivity index (χ4v) is 3.10. The van der Waals surface area contributed by atoms with Crippen LogP contribution in [0.1, 0.15) is 23.1 Å². The number of aryl methyl sites for hydroxylation is 1. The molecule has 0 saturated carbocycles. The lowest BCUT2D eigenvalue weighted by molar-refractivity contribution is 0.215. The van der Waals surface area contributed by atoms with Gasteiger partial charge in [0, 0.05) is 17.0 Å². The quantitative estimate of drug-likeness (QED) is 0.911. The lowest BCUT2D eigenvalue weighted by atomic mass is 9.80. The van der Waals surface area contributed by atoms with Crippen LogP contribution in [0.5, 0.6) is 5.75 Å². The third-order valence-corrected chi connectivity index (χ3v) is 4.30. The van der Waals surface area contributed by atoms with Gasteiger partial charge in [0.15, 0.2) is 0 Å². The maximum Gasteiger partial charge on any atom is 0.124 e. The van der Waals surface area contributed by atoms with E-state index >= 15 is 0 Å². The van der Waals surface area contributed by atoms with Crippen molar-refractivity contribution in [1.82, 2.24) is 0 Å². The van der Waals surface area contributed by atoms with Crippen LogP contribution in [0.15, 0.2) is 42.5 Å². The summed E-state index contributed by atoms with van der Waals surface area (Å²) in [6.45, 7) is 2.69. The van der Waals surface area contributed by atoms with Crippen LogP contribution in [-0.2, 0) is 12.0 Å². The monoisotopic (exact) mass is 287 g/mol. The predicted molar refractivity (Wildman–Crippen MR) is 82.3 cm³/mol. The molecule has 0 fully saturated rings. The molecule has 3 heteroatoms. The number of halogens is 1. The van der Waals surface area contributed by atoms with Gasteiger partial charge in [-0.15, -0.1) is 0 Å². The zero-order chi connectivity index (χ0) is 14.2. The minimum absolute atomic E-state index is 0.409. The molecule has 20 heavy (non-hydrogen) atoms. The van der Waals surface area contributed by atoms with Crippen LogP contribution in [0.2, 0.25) is 5.02 Å². The highest BCUT2D eigenvalue weighted by Crippen LogP contribution is 2.38. The van der Waals surface area contributed by atoms with E-state index in [0.29, 0.717) is 6.61 Å². The van der Waals surface area contributed by atoms with Crippen LogP contribution in [-0.4, -0.2) is 6.61 Å². The van der Waals surface area contributed by atoms with Gasteiger partial charge in [-0.1, -0.05) is 41.9 Å². The Morgan fingerprint density at radius 1 is 1.25 bits per heavy atom. The van der Waals surface area contributed by atoms with Gasteiger partial charge in [-0.2, -0.15) is 0 Å². The zero-order valence-corrected chi connectivity index (χ0v) is 12.3. The normalized spacial score (nSPS) is 21.1. The van der Waals surface area contributed by atoms with Gasteiger partial charge in [0.1, 0.15) is 5.75 Å². The third kappa shape index (κ3) is 2.41. The third-order valence-electron chi connectivity index (χ3n) is 3.94. The van der Waals surface area contributed by atoms with Crippen molar-refractivity contribution in [1.29, 1.82) is 0 Å². The van der Waals surface area contributed by atoms with Crippen LogP contribution in [0, 0.1) is 6.92 Å². The molecule has 1 aliphatic heterocycles. The average molecular weight is 288 g/mol. The van der Waals surface area contributed by atoms with Crippen LogP contribution in [0.4, 0.5) is 0 Å². The molecule has 0 amide bonds. The molecule has 1 unspecified atom stereocenters. The number of nitrogens with two attached hydrogens (primary N) is 1. The second-order valence-electron chi connectivity index (χ2n) is 5.52. The Balaban J connectivity index is 1.98. The Morgan fingerprint density at radius 2 is 2.05 bits per heavy atom. The largest absolute Gasteiger partial charge is 0.493 e. The Hall–Kier alpha value is -1.51. The Kier molecular flexibility index (Phi) is 3.45. The average Bonchev–Trinajstić information content (AvgIpc) is 2.43. The lowest BCUT2D eigenvalue weighted by Gasteiger charge is -2.36. The number of ether oxygens (including phenoxy) is 1. The molecule has 1 heterocycles. The molecular weight excluding hydrogens is 270 g/mol. The summed E-state index contributed by atoms with van der Waals surface area (Å²) < 4.78 is 5.69. The second-order valence-corrected chi connectivity index (χ2v) is 5.93. The highest BCUT2D eigenvalue weighted by Gasteiger charge is 2.34. The van der Waals surface area contributed by atoms with E-state index in [2.05, 4.69) is 18.2 Å². The van der Waals surface area contributed by atoms with Crippen LogP contribution in [0.3, 0.4) is 0 Å². The maximum absolute atomic E-state index is 6.67. The summed E-state index contributed by atoms with van der Waals surface area (Å²) in [6.07, 6.45) is 1.53. The summed E-state index contributed by atoms with van der Waals surface area (Å²) in [6, 6.07) is 14.2. The molecule has 3 rings (SSSR count). The molecule has 1 atom stereocenters. The first kappa shape index (κ1) is 13.5. The van der Waals surface area contributed by atoms with E-state index < -0.39 is 5.54 Å². The van der Waals surface area contributed by atoms with E-state index in [4.69, 9.17) is 22.1 Å². The van der Waals surface area contributed by atoms with E-state index in [1.54, 1.807) is 0 Å². The second kappa shape index (κ2) is 5.12.